The highest BCUT2D eigenvalue weighted by Crippen LogP contribution is 2.57. The number of nitrogens with zero attached hydrogens (tertiary/aromatic N) is 2. The molecule has 3 heteroatoms. The van der Waals surface area contributed by atoms with Crippen molar-refractivity contribution in [2.45, 2.75) is 54.8 Å². The first-order chi connectivity index (χ1) is 62.3. The third-order valence-corrected chi connectivity index (χ3v) is 26.9. The maximum absolute atomic E-state index is 6.18. The van der Waals surface area contributed by atoms with E-state index in [1.165, 1.54) is 134 Å². The van der Waals surface area contributed by atoms with Gasteiger partial charge in [0.15, 0.2) is 0 Å². The number of anilines is 6. The predicted molar refractivity (Wildman–Crippen MR) is 529 cm³/mol. The van der Waals surface area contributed by atoms with Crippen molar-refractivity contribution in [1.82, 2.24) is 0 Å². The molecule has 602 valence electrons. The summed E-state index contributed by atoms with van der Waals surface area (Å²) in [6.07, 6.45) is 5.56. The second-order valence-electron chi connectivity index (χ2n) is 34.2. The smallest absolute Gasteiger partial charge is 0.0462 e. The number of halogens is 1. The maximum atomic E-state index is 6.18. The third kappa shape index (κ3) is 15.2. The fourth-order valence-corrected chi connectivity index (χ4v) is 20.9. The predicted octanol–water partition coefficient (Wildman–Crippen LogP) is 31.9. The molecule has 0 radical (unpaired) electrons. The topological polar surface area (TPSA) is 6.48 Å². The Balaban J connectivity index is 0.000000237. The Hall–Kier alpha value is -14.9. The Morgan fingerprint density at radius 1 is 0.151 bits per heavy atom. The molecule has 0 heterocycles. The Morgan fingerprint density at radius 2 is 0.325 bits per heavy atom. The summed E-state index contributed by atoms with van der Waals surface area (Å²) in [5.41, 5.74) is 40.1. The number of hydrogen-bond donors (Lipinski definition) is 0. The largest absolute Gasteiger partial charge is 0.311 e. The van der Waals surface area contributed by atoms with Gasteiger partial charge in [-0.05, 0) is 286 Å². The standard InChI is InChI=1S/C90H68N2.C33H25Cl/c1-7-23-65(24-8-1)61-89(62-66-25-9-2-10-26-66)85-37-21-19-35-81(85)83-57-47-73(59-87(83)89)71-43-53-79(54-44-71)91(75-31-15-5-16-32-75)77-49-39-69(40-50-77)70-41-51-78(52-42-70)92(76-33-17-6-18-34-76)80-55-45-72(46-56-80)74-48-58-84-82-36-20-22-38-86(82)90(88(84)60-74,63-67-27-11-3-12-28-67)64-68-29-13-4-14-30-68;34-28-18-15-26(16-19-28)27-17-20-30-29-13-7-8-14-31(29)33(32(30)21-27,22-24-9-3-1-4-10-24)23-25-11-5-2-6-12-25/h1-60H,61-64H2;1-21H,22-23H2. The molecule has 0 bridgehead atoms. The van der Waals surface area contributed by atoms with Gasteiger partial charge in [-0.2, -0.15) is 0 Å². The van der Waals surface area contributed by atoms with Crippen molar-refractivity contribution in [2.75, 3.05) is 9.80 Å². The minimum absolute atomic E-state index is 0.142. The Bertz CT molecular complexity index is 6570. The molecule has 0 spiro atoms. The second-order valence-corrected chi connectivity index (χ2v) is 34.6. The van der Waals surface area contributed by atoms with Crippen molar-refractivity contribution in [2.24, 2.45) is 0 Å². The fraction of sp³-hybridized carbons (Fsp3) is 0.0732. The van der Waals surface area contributed by atoms with Crippen molar-refractivity contribution in [3.05, 3.63) is 563 Å². The first kappa shape index (κ1) is 78.3. The van der Waals surface area contributed by atoms with Crippen LogP contribution in [-0.2, 0) is 54.8 Å². The quantitative estimate of drug-likeness (QED) is 0.0667. The monoisotopic (exact) mass is 1630 g/mol. The number of hydrogen-bond acceptors (Lipinski definition) is 2. The fourth-order valence-electron chi connectivity index (χ4n) is 20.8. The summed E-state index contributed by atoms with van der Waals surface area (Å²) in [7, 11) is 0. The van der Waals surface area contributed by atoms with Gasteiger partial charge in [-0.3, -0.25) is 0 Å². The molecule has 0 saturated heterocycles. The number of fused-ring (bicyclic) bond motifs is 9. The molecular weight excluding hydrogens is 1540 g/mol. The van der Waals surface area contributed by atoms with Crippen LogP contribution in [0.4, 0.5) is 34.1 Å². The van der Waals surface area contributed by atoms with Crippen LogP contribution in [0.2, 0.25) is 5.02 Å². The highest BCUT2D eigenvalue weighted by Gasteiger charge is 2.47. The van der Waals surface area contributed by atoms with E-state index in [0.717, 1.165) is 88.8 Å². The van der Waals surface area contributed by atoms with E-state index < -0.39 is 0 Å². The van der Waals surface area contributed by atoms with Crippen molar-refractivity contribution in [3.63, 3.8) is 0 Å². The van der Waals surface area contributed by atoms with Gasteiger partial charge in [-0.25, -0.2) is 0 Å². The zero-order valence-corrected chi connectivity index (χ0v) is 71.0. The lowest BCUT2D eigenvalue weighted by atomic mass is 9.69. The van der Waals surface area contributed by atoms with Crippen molar-refractivity contribution in [1.29, 1.82) is 0 Å². The van der Waals surface area contributed by atoms with E-state index in [1.807, 2.05) is 12.1 Å². The molecule has 19 aromatic carbocycles. The minimum Gasteiger partial charge on any atom is -0.311 e. The molecule has 0 atom stereocenters. The van der Waals surface area contributed by atoms with E-state index in [1.54, 1.807) is 0 Å². The van der Waals surface area contributed by atoms with Crippen molar-refractivity contribution >= 4 is 45.7 Å². The molecule has 0 aliphatic heterocycles. The molecule has 22 rings (SSSR count). The average Bonchev–Trinajstić information content (AvgIpc) is 1.56. The van der Waals surface area contributed by atoms with E-state index in [0.29, 0.717) is 0 Å². The maximum Gasteiger partial charge on any atom is 0.0462 e. The van der Waals surface area contributed by atoms with Crippen LogP contribution < -0.4 is 9.80 Å². The van der Waals surface area contributed by atoms with Crippen molar-refractivity contribution < 1.29 is 0 Å². The van der Waals surface area contributed by atoms with Gasteiger partial charge in [0.1, 0.15) is 0 Å². The lowest BCUT2D eigenvalue weighted by Gasteiger charge is -2.33. The third-order valence-electron chi connectivity index (χ3n) is 26.6. The zero-order valence-electron chi connectivity index (χ0n) is 70.3. The lowest BCUT2D eigenvalue weighted by Crippen LogP contribution is -2.31. The van der Waals surface area contributed by atoms with Gasteiger partial charge >= 0.3 is 0 Å². The molecule has 0 N–H and O–H groups in total. The van der Waals surface area contributed by atoms with Gasteiger partial charge in [-0.15, -0.1) is 0 Å². The Labute approximate surface area is 746 Å². The lowest BCUT2D eigenvalue weighted by molar-refractivity contribution is 0.520. The SMILES string of the molecule is Clc1ccc(-c2ccc3c(c2)C(Cc2ccccc2)(Cc2ccccc2)c2ccccc2-3)cc1.c1ccc(CC2(Cc3ccccc3)c3ccccc3-c3ccc(-c4ccc(N(c5ccccc5)c5ccc(-c6ccc(N(c7ccccc7)c7ccc(-c8ccc9c(c8)C(Cc8ccccc8)(Cc8ccccc8)c8ccccc8-9)cc7)cc6)cc5)cc4)cc32)cc1. The molecule has 0 saturated carbocycles. The molecule has 0 fully saturated rings. The summed E-state index contributed by atoms with van der Waals surface area (Å²) in [6.45, 7) is 0. The summed E-state index contributed by atoms with van der Waals surface area (Å²) >= 11 is 6.18. The highest BCUT2D eigenvalue weighted by molar-refractivity contribution is 6.30. The Morgan fingerprint density at radius 3 is 0.563 bits per heavy atom. The summed E-state index contributed by atoms with van der Waals surface area (Å²) in [6, 6.07) is 181. The highest BCUT2D eigenvalue weighted by atomic mass is 35.5. The first-order valence-electron chi connectivity index (χ1n) is 44.1. The van der Waals surface area contributed by atoms with Crippen LogP contribution in [0.5, 0.6) is 0 Å². The number of para-hydroxylation sites is 2. The van der Waals surface area contributed by atoms with Gasteiger partial charge in [0.05, 0.1) is 0 Å². The molecule has 0 unspecified atom stereocenters. The van der Waals surface area contributed by atoms with E-state index >= 15 is 0 Å². The number of rotatable bonds is 22. The summed E-state index contributed by atoms with van der Waals surface area (Å²) < 4.78 is 0. The molecule has 3 aliphatic rings. The van der Waals surface area contributed by atoms with Gasteiger partial charge in [0.25, 0.3) is 0 Å². The zero-order chi connectivity index (χ0) is 84.2. The van der Waals surface area contributed by atoms with Gasteiger partial charge < -0.3 is 9.80 Å². The molecule has 0 aromatic heterocycles. The van der Waals surface area contributed by atoms with Crippen LogP contribution in [-0.4, -0.2) is 0 Å². The van der Waals surface area contributed by atoms with E-state index in [9.17, 15) is 0 Å². The van der Waals surface area contributed by atoms with Crippen LogP contribution in [0.1, 0.15) is 66.8 Å². The van der Waals surface area contributed by atoms with Gasteiger partial charge in [-0.1, -0.05) is 400 Å². The summed E-state index contributed by atoms with van der Waals surface area (Å²) in [5.74, 6) is 0. The van der Waals surface area contributed by atoms with E-state index in [4.69, 9.17) is 11.6 Å². The van der Waals surface area contributed by atoms with Crippen LogP contribution in [0.3, 0.4) is 0 Å². The molecule has 2 nitrogen and oxygen atoms in total. The average molecular weight is 1630 g/mol. The first-order valence-corrected chi connectivity index (χ1v) is 44.5. The molecule has 19 aromatic rings. The summed E-state index contributed by atoms with van der Waals surface area (Å²) in [4.78, 5) is 4.72. The van der Waals surface area contributed by atoms with Crippen LogP contribution in [0.25, 0.3) is 77.9 Å². The minimum atomic E-state index is -0.235. The van der Waals surface area contributed by atoms with Crippen LogP contribution in [0, 0.1) is 0 Å². The normalized spacial score (nSPS) is 13.0. The molecule has 126 heavy (non-hydrogen) atoms. The van der Waals surface area contributed by atoms with Crippen LogP contribution >= 0.6 is 11.6 Å². The molecule has 3 aliphatic carbocycles. The molecular formula is C123H93ClN2. The van der Waals surface area contributed by atoms with Gasteiger partial charge in [0, 0.05) is 55.4 Å². The number of benzene rings is 19. The second kappa shape index (κ2) is 34.4. The van der Waals surface area contributed by atoms with E-state index in [-0.39, 0.29) is 16.2 Å². The summed E-state index contributed by atoms with van der Waals surface area (Å²) in [5, 5.41) is 0.764. The van der Waals surface area contributed by atoms with Crippen molar-refractivity contribution in [3.8, 4) is 77.9 Å². The molecule has 0 amide bonds. The van der Waals surface area contributed by atoms with Crippen LogP contribution in [0.15, 0.2) is 491 Å². The Kier molecular flexibility index (Phi) is 21.4. The van der Waals surface area contributed by atoms with Gasteiger partial charge in [0.2, 0.25) is 0 Å². The van der Waals surface area contributed by atoms with E-state index in [2.05, 4.69) is 489 Å².